The molecule has 0 radical (unpaired) electrons. The number of carbonyl (C=O) groups excluding carboxylic acids is 2. The van der Waals surface area contributed by atoms with Crippen molar-refractivity contribution in [2.45, 2.75) is 0 Å². The molecular weight excluding hydrogens is 434 g/mol. The zero-order valence-electron chi connectivity index (χ0n) is 18.0. The summed E-state index contributed by atoms with van der Waals surface area (Å²) in [7, 11) is 1.61. The standard InChI is InChI=1S/C24H19N7O3/c1-34-17-7-5-14(6-8-17)15-11-16(13-25-12-15)21(32)30-24-28-19-4-2-3-18(20(19)29-24)22(33)31-23-26-9-10-27-23/h2-13H,1H3,(H2,26,27,31,33)(H2,28,29,30,32). The Balaban J connectivity index is 1.37. The number of benzene rings is 2. The van der Waals surface area contributed by atoms with Crippen LogP contribution in [-0.2, 0) is 0 Å². The number of hydrogen-bond acceptors (Lipinski definition) is 6. The summed E-state index contributed by atoms with van der Waals surface area (Å²) >= 11 is 0. The van der Waals surface area contributed by atoms with Gasteiger partial charge in [0, 0.05) is 30.4 Å². The minimum atomic E-state index is -0.386. The number of carbonyl (C=O) groups is 2. The monoisotopic (exact) mass is 453 g/mol. The van der Waals surface area contributed by atoms with Gasteiger partial charge in [-0.3, -0.25) is 25.2 Å². The van der Waals surface area contributed by atoms with E-state index in [0.29, 0.717) is 28.1 Å². The van der Waals surface area contributed by atoms with E-state index in [1.54, 1.807) is 43.8 Å². The van der Waals surface area contributed by atoms with E-state index >= 15 is 0 Å². The van der Waals surface area contributed by atoms with Crippen LogP contribution >= 0.6 is 0 Å². The van der Waals surface area contributed by atoms with E-state index in [0.717, 1.165) is 16.9 Å². The molecule has 10 heteroatoms. The van der Waals surface area contributed by atoms with Crippen LogP contribution in [-0.4, -0.2) is 43.8 Å². The Labute approximate surface area is 193 Å². The zero-order chi connectivity index (χ0) is 23.5. The summed E-state index contributed by atoms with van der Waals surface area (Å²) in [5.41, 5.74) is 3.42. The quantitative estimate of drug-likeness (QED) is 0.308. The smallest absolute Gasteiger partial charge is 0.260 e. The molecule has 5 rings (SSSR count). The lowest BCUT2D eigenvalue weighted by atomic mass is 10.1. The third-order valence-corrected chi connectivity index (χ3v) is 5.14. The van der Waals surface area contributed by atoms with E-state index in [-0.39, 0.29) is 17.8 Å². The summed E-state index contributed by atoms with van der Waals surface area (Å²) in [4.78, 5) is 44.0. The molecule has 10 nitrogen and oxygen atoms in total. The normalized spacial score (nSPS) is 10.7. The molecule has 3 heterocycles. The highest BCUT2D eigenvalue weighted by Crippen LogP contribution is 2.23. The maximum atomic E-state index is 12.9. The Morgan fingerprint density at radius 1 is 0.941 bits per heavy atom. The predicted octanol–water partition coefficient (Wildman–Crippen LogP) is 3.86. The van der Waals surface area contributed by atoms with Crippen LogP contribution in [0.2, 0.25) is 0 Å². The van der Waals surface area contributed by atoms with E-state index in [1.165, 1.54) is 12.4 Å². The van der Waals surface area contributed by atoms with Crippen LogP contribution in [0.25, 0.3) is 22.2 Å². The molecule has 0 atom stereocenters. The van der Waals surface area contributed by atoms with Crippen molar-refractivity contribution in [2.24, 2.45) is 0 Å². The van der Waals surface area contributed by atoms with Crippen molar-refractivity contribution < 1.29 is 14.3 Å². The van der Waals surface area contributed by atoms with Crippen molar-refractivity contribution in [3.05, 3.63) is 84.4 Å². The minimum Gasteiger partial charge on any atom is -0.497 e. The van der Waals surface area contributed by atoms with E-state index in [4.69, 9.17) is 4.74 Å². The third-order valence-electron chi connectivity index (χ3n) is 5.14. The number of ether oxygens (including phenoxy) is 1. The molecule has 2 amide bonds. The van der Waals surface area contributed by atoms with Gasteiger partial charge < -0.3 is 14.7 Å². The Bertz CT molecular complexity index is 1470. The van der Waals surface area contributed by atoms with Gasteiger partial charge in [-0.15, -0.1) is 0 Å². The number of pyridine rings is 1. The average Bonchev–Trinajstić information content (AvgIpc) is 3.53. The van der Waals surface area contributed by atoms with E-state index in [9.17, 15) is 9.59 Å². The fourth-order valence-electron chi connectivity index (χ4n) is 3.47. The second kappa shape index (κ2) is 8.87. The van der Waals surface area contributed by atoms with Gasteiger partial charge in [-0.25, -0.2) is 9.97 Å². The molecule has 0 aliphatic rings. The van der Waals surface area contributed by atoms with Gasteiger partial charge in [0.25, 0.3) is 11.8 Å². The minimum absolute atomic E-state index is 0.216. The van der Waals surface area contributed by atoms with Gasteiger partial charge in [-0.1, -0.05) is 18.2 Å². The predicted molar refractivity (Wildman–Crippen MR) is 127 cm³/mol. The van der Waals surface area contributed by atoms with Crippen molar-refractivity contribution in [1.29, 1.82) is 0 Å². The number of nitrogens with one attached hydrogen (secondary N) is 4. The molecule has 168 valence electrons. The van der Waals surface area contributed by atoms with Gasteiger partial charge >= 0.3 is 0 Å². The molecule has 0 saturated carbocycles. The summed E-state index contributed by atoms with van der Waals surface area (Å²) in [6.45, 7) is 0. The first-order chi connectivity index (χ1) is 16.6. The largest absolute Gasteiger partial charge is 0.497 e. The highest BCUT2D eigenvalue weighted by molar-refractivity contribution is 6.11. The van der Waals surface area contributed by atoms with Crippen molar-refractivity contribution in [1.82, 2.24) is 24.9 Å². The fraction of sp³-hybridized carbons (Fsp3) is 0.0417. The number of imidazole rings is 2. The zero-order valence-corrected chi connectivity index (χ0v) is 18.0. The first-order valence-electron chi connectivity index (χ1n) is 10.3. The summed E-state index contributed by atoms with van der Waals surface area (Å²) in [6.07, 6.45) is 6.31. The van der Waals surface area contributed by atoms with Crippen LogP contribution in [0, 0.1) is 0 Å². The molecule has 3 aromatic heterocycles. The highest BCUT2D eigenvalue weighted by atomic mass is 16.5. The summed E-state index contributed by atoms with van der Waals surface area (Å²) in [5.74, 6) is 0.529. The molecule has 34 heavy (non-hydrogen) atoms. The number of para-hydroxylation sites is 1. The van der Waals surface area contributed by atoms with Crippen molar-refractivity contribution >= 4 is 34.7 Å². The van der Waals surface area contributed by atoms with Crippen LogP contribution in [0.4, 0.5) is 11.9 Å². The number of H-pyrrole nitrogens is 2. The lowest BCUT2D eigenvalue weighted by Crippen LogP contribution is -2.14. The molecule has 0 fully saturated rings. The van der Waals surface area contributed by atoms with Gasteiger partial charge in [-0.05, 0) is 35.9 Å². The number of aromatic amines is 2. The van der Waals surface area contributed by atoms with Crippen LogP contribution in [0.15, 0.2) is 73.3 Å². The Morgan fingerprint density at radius 3 is 2.53 bits per heavy atom. The number of fused-ring (bicyclic) bond motifs is 1. The second-order valence-corrected chi connectivity index (χ2v) is 7.32. The molecule has 0 saturated heterocycles. The Hall–Kier alpha value is -4.99. The Kier molecular flexibility index (Phi) is 5.45. The first kappa shape index (κ1) is 20.9. The number of aromatic nitrogens is 5. The number of hydrogen-bond donors (Lipinski definition) is 4. The topological polar surface area (TPSA) is 138 Å². The van der Waals surface area contributed by atoms with E-state index < -0.39 is 0 Å². The SMILES string of the molecule is COc1ccc(-c2cncc(C(=O)Nc3nc4c(C(=O)Nc5ncc[nH]5)cccc4[nH]3)c2)cc1. The molecule has 5 aromatic rings. The molecule has 0 spiro atoms. The van der Waals surface area contributed by atoms with Crippen LogP contribution < -0.4 is 15.4 Å². The van der Waals surface area contributed by atoms with Crippen LogP contribution in [0.3, 0.4) is 0 Å². The van der Waals surface area contributed by atoms with Crippen molar-refractivity contribution in [2.75, 3.05) is 17.7 Å². The number of anilines is 2. The number of methoxy groups -OCH3 is 1. The molecule has 0 aliphatic carbocycles. The summed E-state index contributed by atoms with van der Waals surface area (Å²) in [6, 6.07) is 14.4. The fourth-order valence-corrected chi connectivity index (χ4v) is 3.47. The maximum absolute atomic E-state index is 12.9. The average molecular weight is 453 g/mol. The van der Waals surface area contributed by atoms with Crippen LogP contribution in [0.5, 0.6) is 5.75 Å². The van der Waals surface area contributed by atoms with Crippen LogP contribution in [0.1, 0.15) is 20.7 Å². The molecule has 0 aliphatic heterocycles. The van der Waals surface area contributed by atoms with Gasteiger partial charge in [0.2, 0.25) is 11.9 Å². The lowest BCUT2D eigenvalue weighted by molar-refractivity contribution is 0.101. The second-order valence-electron chi connectivity index (χ2n) is 7.32. The third kappa shape index (κ3) is 4.19. The summed E-state index contributed by atoms with van der Waals surface area (Å²) < 4.78 is 5.19. The number of amides is 2. The van der Waals surface area contributed by atoms with E-state index in [1.807, 2.05) is 24.3 Å². The van der Waals surface area contributed by atoms with Gasteiger partial charge in [0.1, 0.15) is 11.3 Å². The molecular formula is C24H19N7O3. The Morgan fingerprint density at radius 2 is 1.76 bits per heavy atom. The highest BCUT2D eigenvalue weighted by Gasteiger charge is 2.16. The van der Waals surface area contributed by atoms with Gasteiger partial charge in [0.15, 0.2) is 0 Å². The lowest BCUT2D eigenvalue weighted by Gasteiger charge is -2.06. The summed E-state index contributed by atoms with van der Waals surface area (Å²) in [5, 5.41) is 5.41. The molecule has 0 unspecified atom stereocenters. The number of nitrogens with zero attached hydrogens (tertiary/aromatic N) is 3. The van der Waals surface area contributed by atoms with E-state index in [2.05, 4.69) is 35.6 Å². The van der Waals surface area contributed by atoms with Crippen molar-refractivity contribution in [3.63, 3.8) is 0 Å². The molecule has 4 N–H and O–H groups in total. The van der Waals surface area contributed by atoms with Gasteiger partial charge in [0.05, 0.1) is 23.8 Å². The number of rotatable bonds is 6. The first-order valence-corrected chi connectivity index (χ1v) is 10.3. The van der Waals surface area contributed by atoms with Crippen molar-refractivity contribution in [3.8, 4) is 16.9 Å². The molecule has 0 bridgehead atoms. The molecule has 2 aromatic carbocycles. The van der Waals surface area contributed by atoms with Gasteiger partial charge in [-0.2, -0.15) is 0 Å². The maximum Gasteiger partial charge on any atom is 0.260 e.